The Kier molecular flexibility index (Phi) is 7.90. The van der Waals surface area contributed by atoms with Gasteiger partial charge >= 0.3 is 6.61 Å². The number of nitrogens with zero attached hydrogens (tertiary/aromatic N) is 2. The molecule has 46 heavy (non-hydrogen) atoms. The van der Waals surface area contributed by atoms with Crippen molar-refractivity contribution in [3.63, 3.8) is 0 Å². The van der Waals surface area contributed by atoms with Crippen LogP contribution in [0.4, 0.5) is 18.9 Å². The van der Waals surface area contributed by atoms with Crippen LogP contribution in [0.25, 0.3) is 56.0 Å². The van der Waals surface area contributed by atoms with Crippen molar-refractivity contribution in [2.75, 3.05) is 24.7 Å². The van der Waals surface area contributed by atoms with Crippen molar-refractivity contribution < 1.29 is 40.0 Å². The van der Waals surface area contributed by atoms with Gasteiger partial charge in [-0.15, -0.1) is 0 Å². The number of halogens is 4. The molecular formula is C32H23ClF3N3O6S. The van der Waals surface area contributed by atoms with E-state index in [-0.39, 0.29) is 50.4 Å². The largest absolute Gasteiger partial charge is 0.455 e. The summed E-state index contributed by atoms with van der Waals surface area (Å²) in [7, 11) is -1.08. The average Bonchev–Trinajstić information content (AvgIpc) is 3.62. The Labute approximate surface area is 265 Å². The number of hydrogen-bond acceptors (Lipinski definition) is 7. The maximum Gasteiger partial charge on any atom is 0.387 e. The van der Waals surface area contributed by atoms with Gasteiger partial charge in [0.15, 0.2) is 5.58 Å². The summed E-state index contributed by atoms with van der Waals surface area (Å²) in [4.78, 5) is 17.6. The van der Waals surface area contributed by atoms with E-state index in [1.165, 1.54) is 62.6 Å². The van der Waals surface area contributed by atoms with Crippen molar-refractivity contribution >= 4 is 55.3 Å². The van der Waals surface area contributed by atoms with E-state index in [9.17, 15) is 26.4 Å². The number of carbonyl (C=O) groups excluding carboxylic acids is 1. The van der Waals surface area contributed by atoms with Crippen LogP contribution < -0.4 is 14.4 Å². The lowest BCUT2D eigenvalue weighted by atomic mass is 9.97. The fourth-order valence-electron chi connectivity index (χ4n) is 5.05. The molecule has 9 nitrogen and oxygen atoms in total. The lowest BCUT2D eigenvalue weighted by molar-refractivity contribution is -0.0495. The van der Waals surface area contributed by atoms with E-state index in [0.29, 0.717) is 27.6 Å². The van der Waals surface area contributed by atoms with Crippen LogP contribution in [-0.4, -0.2) is 46.3 Å². The average molecular weight is 670 g/mol. The second-order valence-corrected chi connectivity index (χ2v) is 12.6. The van der Waals surface area contributed by atoms with Crippen LogP contribution >= 0.6 is 11.6 Å². The maximum atomic E-state index is 13.7. The highest BCUT2D eigenvalue weighted by molar-refractivity contribution is 7.92. The first kappa shape index (κ1) is 31.0. The van der Waals surface area contributed by atoms with Crippen LogP contribution in [0.2, 0.25) is 5.02 Å². The molecule has 0 aliphatic carbocycles. The molecule has 0 fully saturated rings. The van der Waals surface area contributed by atoms with E-state index < -0.39 is 28.4 Å². The highest BCUT2D eigenvalue weighted by atomic mass is 35.5. The fraction of sp³-hybridized carbons (Fsp3) is 0.125. The lowest BCUT2D eigenvalue weighted by Crippen LogP contribution is -2.25. The molecular weight excluding hydrogens is 647 g/mol. The third-order valence-electron chi connectivity index (χ3n) is 7.31. The molecule has 0 atom stereocenters. The Morgan fingerprint density at radius 3 is 2.35 bits per heavy atom. The zero-order valence-corrected chi connectivity index (χ0v) is 25.8. The van der Waals surface area contributed by atoms with E-state index in [1.807, 2.05) is 0 Å². The summed E-state index contributed by atoms with van der Waals surface area (Å²) in [5.74, 6) is -1.21. The standard InChI is InChI=1S/C32H23ClF3N3O6S/c1-37-30(40)27-20-14-19(23(39(2)46(3,41)42)15-26(20)43-29(27)16-7-10-18(34)11-8-16)17-9-12-24(45-32(35)36)21(13-17)31-38-28-22(33)5-4-6-25(28)44-31/h4-15,32H,1-3H3,(H,37,40). The lowest BCUT2D eigenvalue weighted by Gasteiger charge is -2.21. The van der Waals surface area contributed by atoms with Crippen LogP contribution in [0, 0.1) is 5.82 Å². The number of oxazole rings is 1. The number of ether oxygens (including phenoxy) is 1. The summed E-state index contributed by atoms with van der Waals surface area (Å²) < 4.78 is 84.0. The Morgan fingerprint density at radius 1 is 0.978 bits per heavy atom. The third-order valence-corrected chi connectivity index (χ3v) is 8.81. The summed E-state index contributed by atoms with van der Waals surface area (Å²) >= 11 is 6.27. The van der Waals surface area contributed by atoms with Crippen LogP contribution in [0.1, 0.15) is 10.4 Å². The minimum atomic E-state index is -3.84. The number of nitrogens with one attached hydrogen (secondary N) is 1. The molecule has 2 heterocycles. The molecule has 4 aromatic carbocycles. The number of rotatable bonds is 8. The summed E-state index contributed by atoms with van der Waals surface area (Å²) in [6, 6.07) is 17.4. The molecule has 1 N–H and O–H groups in total. The van der Waals surface area contributed by atoms with Gasteiger partial charge in [0, 0.05) is 36.7 Å². The van der Waals surface area contributed by atoms with Gasteiger partial charge in [-0.1, -0.05) is 23.7 Å². The van der Waals surface area contributed by atoms with Crippen molar-refractivity contribution in [1.82, 2.24) is 10.3 Å². The van der Waals surface area contributed by atoms with Gasteiger partial charge in [-0.05, 0) is 60.2 Å². The number of furan rings is 1. The molecule has 0 aliphatic heterocycles. The SMILES string of the molecule is CNC(=O)c1c(-c2ccc(F)cc2)oc2cc(N(C)S(C)(=O)=O)c(-c3ccc(OC(F)F)c(-c4nc5c(Cl)cccc5o4)c3)cc12. The number of sulfonamides is 1. The predicted octanol–water partition coefficient (Wildman–Crippen LogP) is 7.72. The Hall–Kier alpha value is -5.01. The zero-order valence-electron chi connectivity index (χ0n) is 24.3. The van der Waals surface area contributed by atoms with Crippen molar-refractivity contribution in [3.05, 3.63) is 89.2 Å². The fourth-order valence-corrected chi connectivity index (χ4v) is 5.77. The molecule has 0 bridgehead atoms. The molecule has 236 valence electrons. The second kappa shape index (κ2) is 11.7. The van der Waals surface area contributed by atoms with Gasteiger partial charge in [0.2, 0.25) is 15.9 Å². The third kappa shape index (κ3) is 5.63. The minimum Gasteiger partial charge on any atom is -0.455 e. The number of benzene rings is 4. The number of amides is 1. The van der Waals surface area contributed by atoms with E-state index in [4.69, 9.17) is 25.2 Å². The van der Waals surface area contributed by atoms with Crippen molar-refractivity contribution in [2.45, 2.75) is 6.61 Å². The molecule has 0 saturated carbocycles. The van der Waals surface area contributed by atoms with Gasteiger partial charge in [0.25, 0.3) is 5.91 Å². The molecule has 0 aliphatic rings. The number of para-hydroxylation sites is 1. The van der Waals surface area contributed by atoms with Crippen LogP contribution in [0.5, 0.6) is 5.75 Å². The van der Waals surface area contributed by atoms with E-state index in [2.05, 4.69) is 10.3 Å². The number of anilines is 1. The highest BCUT2D eigenvalue weighted by Gasteiger charge is 2.27. The summed E-state index contributed by atoms with van der Waals surface area (Å²) in [5, 5.41) is 3.16. The Morgan fingerprint density at radius 2 is 1.70 bits per heavy atom. The predicted molar refractivity (Wildman–Crippen MR) is 168 cm³/mol. The summed E-state index contributed by atoms with van der Waals surface area (Å²) in [5.41, 5.74) is 2.09. The molecule has 0 radical (unpaired) electrons. The summed E-state index contributed by atoms with van der Waals surface area (Å²) in [6.07, 6.45) is 1.01. The Balaban J connectivity index is 1.64. The van der Waals surface area contributed by atoms with Crippen molar-refractivity contribution in [2.24, 2.45) is 0 Å². The zero-order chi connectivity index (χ0) is 32.9. The first-order valence-electron chi connectivity index (χ1n) is 13.5. The number of hydrogen-bond donors (Lipinski definition) is 1. The van der Waals surface area contributed by atoms with E-state index in [0.717, 1.165) is 10.6 Å². The minimum absolute atomic E-state index is 0.0313. The first-order chi connectivity index (χ1) is 21.8. The van der Waals surface area contributed by atoms with E-state index in [1.54, 1.807) is 24.3 Å². The highest BCUT2D eigenvalue weighted by Crippen LogP contribution is 2.44. The van der Waals surface area contributed by atoms with Crippen LogP contribution in [-0.2, 0) is 10.0 Å². The number of aromatic nitrogens is 1. The van der Waals surface area contributed by atoms with E-state index >= 15 is 0 Å². The maximum absolute atomic E-state index is 13.7. The molecule has 0 saturated heterocycles. The van der Waals surface area contributed by atoms with Gasteiger partial charge in [0.05, 0.1) is 28.1 Å². The molecule has 0 unspecified atom stereocenters. The van der Waals surface area contributed by atoms with Gasteiger partial charge in [-0.3, -0.25) is 9.10 Å². The topological polar surface area (TPSA) is 115 Å². The van der Waals surface area contributed by atoms with Gasteiger partial charge in [-0.2, -0.15) is 8.78 Å². The number of fused-ring (bicyclic) bond motifs is 2. The molecule has 6 rings (SSSR count). The normalized spacial score (nSPS) is 11.8. The van der Waals surface area contributed by atoms with Gasteiger partial charge in [-0.25, -0.2) is 17.8 Å². The van der Waals surface area contributed by atoms with Crippen LogP contribution in [0.15, 0.2) is 81.6 Å². The van der Waals surface area contributed by atoms with Crippen molar-refractivity contribution in [1.29, 1.82) is 0 Å². The quantitative estimate of drug-likeness (QED) is 0.176. The number of alkyl halides is 2. The molecule has 1 amide bonds. The summed E-state index contributed by atoms with van der Waals surface area (Å²) in [6.45, 7) is -3.17. The van der Waals surface area contributed by atoms with Gasteiger partial charge in [0.1, 0.15) is 28.4 Å². The Bertz CT molecular complexity index is 2250. The monoisotopic (exact) mass is 669 g/mol. The van der Waals surface area contributed by atoms with Gasteiger partial charge < -0.3 is 18.9 Å². The number of carbonyl (C=O) groups is 1. The molecule has 2 aromatic heterocycles. The molecule has 0 spiro atoms. The molecule has 14 heteroatoms. The second-order valence-electron chi connectivity index (χ2n) is 10.2. The van der Waals surface area contributed by atoms with Crippen LogP contribution in [0.3, 0.4) is 0 Å². The smallest absolute Gasteiger partial charge is 0.387 e. The first-order valence-corrected chi connectivity index (χ1v) is 15.8. The molecule has 6 aromatic rings. The van der Waals surface area contributed by atoms with Crippen molar-refractivity contribution in [3.8, 4) is 39.7 Å².